The van der Waals surface area contributed by atoms with Gasteiger partial charge >= 0.3 is 5.97 Å². The van der Waals surface area contributed by atoms with E-state index in [0.717, 1.165) is 24.2 Å². The molecule has 1 saturated carbocycles. The first-order valence-corrected chi connectivity index (χ1v) is 6.22. The first-order valence-electron chi connectivity index (χ1n) is 6.22. The summed E-state index contributed by atoms with van der Waals surface area (Å²) < 4.78 is 5.92. The summed E-state index contributed by atoms with van der Waals surface area (Å²) in [6, 6.07) is 7.44. The average Bonchev–Trinajstić information content (AvgIpc) is 2.32. The average molecular weight is 234 g/mol. The van der Waals surface area contributed by atoms with E-state index in [1.807, 2.05) is 24.3 Å². The summed E-state index contributed by atoms with van der Waals surface area (Å²) in [6.45, 7) is 0. The number of carboxylic acid groups (broad SMARTS) is 1. The van der Waals surface area contributed by atoms with Gasteiger partial charge in [-0.1, -0.05) is 24.6 Å². The van der Waals surface area contributed by atoms with Crippen molar-refractivity contribution in [2.45, 2.75) is 44.6 Å². The van der Waals surface area contributed by atoms with Crippen LogP contribution in [0, 0.1) is 0 Å². The van der Waals surface area contributed by atoms with Gasteiger partial charge in [0.05, 0.1) is 12.5 Å². The molecule has 0 radical (unpaired) electrons. The Labute approximate surface area is 101 Å². The van der Waals surface area contributed by atoms with Crippen molar-refractivity contribution in [3.8, 4) is 5.75 Å². The summed E-state index contributed by atoms with van der Waals surface area (Å²) >= 11 is 0. The number of aliphatic carboxylic acids is 1. The molecule has 0 heterocycles. The number of hydrogen-bond acceptors (Lipinski definition) is 2. The van der Waals surface area contributed by atoms with E-state index in [1.165, 1.54) is 19.3 Å². The van der Waals surface area contributed by atoms with E-state index in [9.17, 15) is 4.79 Å². The Bertz CT molecular complexity index is 381. The molecule has 1 aromatic carbocycles. The van der Waals surface area contributed by atoms with E-state index < -0.39 is 5.97 Å². The highest BCUT2D eigenvalue weighted by molar-refractivity contribution is 5.71. The Morgan fingerprint density at radius 1 is 1.24 bits per heavy atom. The number of para-hydroxylation sites is 1. The van der Waals surface area contributed by atoms with Gasteiger partial charge in [-0.25, -0.2) is 0 Å². The van der Waals surface area contributed by atoms with E-state index in [-0.39, 0.29) is 12.5 Å². The van der Waals surface area contributed by atoms with E-state index in [2.05, 4.69) is 0 Å². The summed E-state index contributed by atoms with van der Waals surface area (Å²) in [5, 5.41) is 8.84. The molecule has 0 aromatic heterocycles. The number of benzene rings is 1. The van der Waals surface area contributed by atoms with Crippen LogP contribution in [0.3, 0.4) is 0 Å². The molecule has 0 bridgehead atoms. The lowest BCUT2D eigenvalue weighted by atomic mass is 9.97. The monoisotopic (exact) mass is 234 g/mol. The van der Waals surface area contributed by atoms with Gasteiger partial charge in [0.15, 0.2) is 0 Å². The van der Waals surface area contributed by atoms with Gasteiger partial charge in [0, 0.05) is 5.56 Å². The predicted molar refractivity (Wildman–Crippen MR) is 65.3 cm³/mol. The zero-order valence-corrected chi connectivity index (χ0v) is 9.89. The highest BCUT2D eigenvalue weighted by Crippen LogP contribution is 2.26. The van der Waals surface area contributed by atoms with Crippen LogP contribution in [0.4, 0.5) is 0 Å². The van der Waals surface area contributed by atoms with E-state index in [0.29, 0.717) is 0 Å². The quantitative estimate of drug-likeness (QED) is 0.871. The lowest BCUT2D eigenvalue weighted by Gasteiger charge is -2.24. The molecule has 0 aliphatic heterocycles. The Morgan fingerprint density at radius 2 is 1.94 bits per heavy atom. The normalized spacial score (nSPS) is 16.7. The number of hydrogen-bond donors (Lipinski definition) is 1. The summed E-state index contributed by atoms with van der Waals surface area (Å²) in [4.78, 5) is 10.8. The van der Waals surface area contributed by atoms with Crippen molar-refractivity contribution >= 4 is 5.97 Å². The van der Waals surface area contributed by atoms with Gasteiger partial charge in [0.25, 0.3) is 0 Å². The number of ether oxygens (including phenoxy) is 1. The highest BCUT2D eigenvalue weighted by Gasteiger charge is 2.16. The summed E-state index contributed by atoms with van der Waals surface area (Å²) in [5.74, 6) is -0.0773. The SMILES string of the molecule is O=C(O)Cc1ccccc1OC1CCCCC1. The third kappa shape index (κ3) is 3.48. The van der Waals surface area contributed by atoms with Crippen LogP contribution in [-0.2, 0) is 11.2 Å². The van der Waals surface area contributed by atoms with Crippen molar-refractivity contribution in [2.75, 3.05) is 0 Å². The summed E-state index contributed by atoms with van der Waals surface area (Å²) in [6.07, 6.45) is 6.18. The molecular weight excluding hydrogens is 216 g/mol. The van der Waals surface area contributed by atoms with Crippen molar-refractivity contribution in [3.63, 3.8) is 0 Å². The molecule has 1 aromatic rings. The van der Waals surface area contributed by atoms with Gasteiger partial charge in [-0.05, 0) is 31.7 Å². The fourth-order valence-corrected chi connectivity index (χ4v) is 2.29. The van der Waals surface area contributed by atoms with Gasteiger partial charge in [0.1, 0.15) is 5.75 Å². The molecule has 92 valence electrons. The van der Waals surface area contributed by atoms with Crippen molar-refractivity contribution in [3.05, 3.63) is 29.8 Å². The fourth-order valence-electron chi connectivity index (χ4n) is 2.29. The Morgan fingerprint density at radius 3 is 2.65 bits per heavy atom. The minimum Gasteiger partial charge on any atom is -0.490 e. The topological polar surface area (TPSA) is 46.5 Å². The fraction of sp³-hybridized carbons (Fsp3) is 0.500. The minimum atomic E-state index is -0.815. The van der Waals surface area contributed by atoms with Crippen LogP contribution in [0.15, 0.2) is 24.3 Å². The van der Waals surface area contributed by atoms with Crippen molar-refractivity contribution in [2.24, 2.45) is 0 Å². The lowest BCUT2D eigenvalue weighted by molar-refractivity contribution is -0.136. The first-order chi connectivity index (χ1) is 8.25. The molecule has 1 aliphatic carbocycles. The Kier molecular flexibility index (Phi) is 4.02. The molecule has 1 N–H and O–H groups in total. The lowest BCUT2D eigenvalue weighted by Crippen LogP contribution is -2.20. The third-order valence-corrected chi connectivity index (χ3v) is 3.16. The van der Waals surface area contributed by atoms with E-state index in [1.54, 1.807) is 0 Å². The third-order valence-electron chi connectivity index (χ3n) is 3.16. The summed E-state index contributed by atoms with van der Waals surface area (Å²) in [5.41, 5.74) is 0.769. The van der Waals surface area contributed by atoms with Gasteiger partial charge in [-0.2, -0.15) is 0 Å². The van der Waals surface area contributed by atoms with Crippen LogP contribution < -0.4 is 4.74 Å². The second-order valence-electron chi connectivity index (χ2n) is 4.56. The molecule has 0 spiro atoms. The molecule has 2 rings (SSSR count). The van der Waals surface area contributed by atoms with E-state index in [4.69, 9.17) is 9.84 Å². The Hall–Kier alpha value is -1.51. The maximum absolute atomic E-state index is 10.8. The van der Waals surface area contributed by atoms with Crippen LogP contribution in [-0.4, -0.2) is 17.2 Å². The maximum atomic E-state index is 10.8. The van der Waals surface area contributed by atoms with Crippen molar-refractivity contribution in [1.29, 1.82) is 0 Å². The van der Waals surface area contributed by atoms with Crippen LogP contribution in [0.25, 0.3) is 0 Å². The number of carboxylic acids is 1. The molecule has 17 heavy (non-hydrogen) atoms. The molecule has 0 atom stereocenters. The number of carbonyl (C=O) groups is 1. The molecule has 1 aliphatic rings. The minimum absolute atomic E-state index is 0.0306. The summed E-state index contributed by atoms with van der Waals surface area (Å²) in [7, 11) is 0. The van der Waals surface area contributed by atoms with Crippen molar-refractivity contribution in [1.82, 2.24) is 0 Å². The first kappa shape index (κ1) is 12.0. The maximum Gasteiger partial charge on any atom is 0.307 e. The second kappa shape index (κ2) is 5.71. The van der Waals surface area contributed by atoms with Crippen LogP contribution >= 0.6 is 0 Å². The van der Waals surface area contributed by atoms with Crippen LogP contribution in [0.2, 0.25) is 0 Å². The standard InChI is InChI=1S/C14H18O3/c15-14(16)10-11-6-4-5-9-13(11)17-12-7-2-1-3-8-12/h4-6,9,12H,1-3,7-8,10H2,(H,15,16). The zero-order chi connectivity index (χ0) is 12.1. The van der Waals surface area contributed by atoms with Crippen LogP contribution in [0.5, 0.6) is 5.75 Å². The molecule has 3 heteroatoms. The van der Waals surface area contributed by atoms with E-state index >= 15 is 0 Å². The second-order valence-corrected chi connectivity index (χ2v) is 4.56. The van der Waals surface area contributed by atoms with Crippen molar-refractivity contribution < 1.29 is 14.6 Å². The predicted octanol–water partition coefficient (Wildman–Crippen LogP) is 3.03. The molecule has 3 nitrogen and oxygen atoms in total. The molecular formula is C14H18O3. The Balaban J connectivity index is 2.05. The van der Waals surface area contributed by atoms with Gasteiger partial charge in [-0.15, -0.1) is 0 Å². The molecule has 0 saturated heterocycles. The largest absolute Gasteiger partial charge is 0.490 e. The highest BCUT2D eigenvalue weighted by atomic mass is 16.5. The smallest absolute Gasteiger partial charge is 0.307 e. The number of rotatable bonds is 4. The van der Waals surface area contributed by atoms with Crippen LogP contribution in [0.1, 0.15) is 37.7 Å². The zero-order valence-electron chi connectivity index (χ0n) is 9.89. The molecule has 0 unspecified atom stereocenters. The van der Waals surface area contributed by atoms with Gasteiger partial charge < -0.3 is 9.84 Å². The van der Waals surface area contributed by atoms with Gasteiger partial charge in [-0.3, -0.25) is 4.79 Å². The molecule has 1 fully saturated rings. The van der Waals surface area contributed by atoms with Gasteiger partial charge in [0.2, 0.25) is 0 Å². The molecule has 0 amide bonds.